The van der Waals surface area contributed by atoms with Crippen molar-refractivity contribution < 1.29 is 14.3 Å². The Bertz CT molecular complexity index is 1150. The Morgan fingerprint density at radius 2 is 2.12 bits per heavy atom. The number of nitrogen functional groups attached to an aromatic ring is 1. The molecule has 2 aliphatic heterocycles. The van der Waals surface area contributed by atoms with Gasteiger partial charge in [0.1, 0.15) is 13.2 Å². The lowest BCUT2D eigenvalue weighted by Crippen LogP contribution is -2.43. The van der Waals surface area contributed by atoms with Crippen molar-refractivity contribution in [2.24, 2.45) is 5.73 Å². The van der Waals surface area contributed by atoms with Crippen LogP contribution in [0.1, 0.15) is 23.3 Å². The van der Waals surface area contributed by atoms with Crippen molar-refractivity contribution in [2.75, 3.05) is 42.3 Å². The van der Waals surface area contributed by atoms with Gasteiger partial charge in [0.05, 0.1) is 33.8 Å². The van der Waals surface area contributed by atoms with E-state index in [0.717, 1.165) is 36.5 Å². The van der Waals surface area contributed by atoms with E-state index in [1.54, 1.807) is 24.5 Å². The number of anilines is 3. The smallest absolute Gasteiger partial charge is 0.276 e. The van der Waals surface area contributed by atoms with Crippen LogP contribution < -0.4 is 31.2 Å². The summed E-state index contributed by atoms with van der Waals surface area (Å²) in [4.78, 5) is 24.9. The fourth-order valence-electron chi connectivity index (χ4n) is 3.99. The summed E-state index contributed by atoms with van der Waals surface area (Å²) in [6.07, 6.45) is 5.34. The van der Waals surface area contributed by atoms with Crippen molar-refractivity contribution in [3.8, 4) is 22.1 Å². The Balaban J connectivity index is 1.42. The number of nitrogens with zero attached hydrogens (tertiary/aromatic N) is 3. The van der Waals surface area contributed by atoms with Crippen LogP contribution in [0.15, 0.2) is 36.0 Å². The Hall–Kier alpha value is -3.37. The molecule has 3 aromatic rings. The second-order valence-electron chi connectivity index (χ2n) is 7.78. The van der Waals surface area contributed by atoms with Crippen molar-refractivity contribution in [3.05, 3.63) is 41.7 Å². The molecule has 0 radical (unpaired) electrons. The second-order valence-corrected chi connectivity index (χ2v) is 8.66. The molecule has 9 nitrogen and oxygen atoms in total. The average molecular weight is 453 g/mol. The van der Waals surface area contributed by atoms with Gasteiger partial charge in [-0.1, -0.05) is 0 Å². The molecule has 32 heavy (non-hydrogen) atoms. The maximum absolute atomic E-state index is 13.2. The summed E-state index contributed by atoms with van der Waals surface area (Å²) < 4.78 is 11.4. The molecule has 0 aromatic carbocycles. The van der Waals surface area contributed by atoms with E-state index in [9.17, 15) is 4.79 Å². The van der Waals surface area contributed by atoms with Gasteiger partial charge in [0.2, 0.25) is 0 Å². The summed E-state index contributed by atoms with van der Waals surface area (Å²) in [7, 11) is 0. The minimum Gasteiger partial charge on any atom is -0.485 e. The van der Waals surface area contributed by atoms with Crippen LogP contribution in [0.5, 0.6) is 11.5 Å². The first-order chi connectivity index (χ1) is 15.6. The molecule has 3 aromatic heterocycles. The molecule has 0 saturated carbocycles. The Morgan fingerprint density at radius 1 is 1.25 bits per heavy atom. The molecule has 1 saturated heterocycles. The van der Waals surface area contributed by atoms with E-state index in [1.165, 1.54) is 11.3 Å². The molecule has 1 atom stereocenters. The van der Waals surface area contributed by atoms with Gasteiger partial charge >= 0.3 is 0 Å². The number of amides is 1. The van der Waals surface area contributed by atoms with Gasteiger partial charge in [-0.25, -0.2) is 4.98 Å². The quantitative estimate of drug-likeness (QED) is 0.551. The minimum atomic E-state index is -0.400. The van der Waals surface area contributed by atoms with Crippen molar-refractivity contribution >= 4 is 34.3 Å². The first kappa shape index (κ1) is 20.5. The first-order valence-electron chi connectivity index (χ1n) is 10.5. The van der Waals surface area contributed by atoms with Crippen LogP contribution in [0.25, 0.3) is 10.6 Å². The lowest BCUT2D eigenvalue weighted by Gasteiger charge is -2.33. The highest BCUT2D eigenvalue weighted by Gasteiger charge is 2.24. The zero-order valence-corrected chi connectivity index (χ0v) is 18.2. The van der Waals surface area contributed by atoms with Gasteiger partial charge in [-0.2, -0.15) is 0 Å². The summed E-state index contributed by atoms with van der Waals surface area (Å²) in [6.45, 7) is 2.60. The summed E-state index contributed by atoms with van der Waals surface area (Å²) in [5, 5.41) is 4.82. The number of nitrogens with two attached hydrogens (primary N) is 2. The molecule has 1 unspecified atom stereocenters. The highest BCUT2D eigenvalue weighted by Crippen LogP contribution is 2.45. The Labute approximate surface area is 189 Å². The molecule has 0 aliphatic carbocycles. The summed E-state index contributed by atoms with van der Waals surface area (Å²) in [5.74, 6) is 0.948. The van der Waals surface area contributed by atoms with Crippen LogP contribution in [0.3, 0.4) is 0 Å². The minimum absolute atomic E-state index is 0.109. The van der Waals surface area contributed by atoms with Gasteiger partial charge in [0, 0.05) is 30.7 Å². The van der Waals surface area contributed by atoms with Gasteiger partial charge in [-0.05, 0) is 31.0 Å². The van der Waals surface area contributed by atoms with Crippen molar-refractivity contribution in [2.45, 2.75) is 18.9 Å². The van der Waals surface area contributed by atoms with Crippen molar-refractivity contribution in [3.63, 3.8) is 0 Å². The van der Waals surface area contributed by atoms with Crippen molar-refractivity contribution in [1.29, 1.82) is 0 Å². The third-order valence-electron chi connectivity index (χ3n) is 5.52. The number of hydrogen-bond donors (Lipinski definition) is 3. The molecule has 5 rings (SSSR count). The molecule has 5 N–H and O–H groups in total. The molecule has 2 aliphatic rings. The molecule has 0 spiro atoms. The summed E-state index contributed by atoms with van der Waals surface area (Å²) >= 11 is 1.46. The third-order valence-corrected chi connectivity index (χ3v) is 6.48. The number of pyridine rings is 2. The normalized spacial score (nSPS) is 17.8. The number of aromatic nitrogens is 2. The number of carbonyl (C=O) groups excluding carboxylic acids is 1. The predicted molar refractivity (Wildman–Crippen MR) is 125 cm³/mol. The molecule has 166 valence electrons. The molecule has 10 heteroatoms. The highest BCUT2D eigenvalue weighted by molar-refractivity contribution is 7.14. The zero-order valence-electron chi connectivity index (χ0n) is 17.4. The number of nitrogens with one attached hydrogen (secondary N) is 1. The monoisotopic (exact) mass is 452 g/mol. The third kappa shape index (κ3) is 3.94. The van der Waals surface area contributed by atoms with E-state index in [0.29, 0.717) is 41.8 Å². The van der Waals surface area contributed by atoms with E-state index in [4.69, 9.17) is 20.9 Å². The van der Waals surface area contributed by atoms with Crippen LogP contribution in [0, 0.1) is 0 Å². The lowest BCUT2D eigenvalue weighted by molar-refractivity contribution is 0.102. The molecule has 5 heterocycles. The maximum atomic E-state index is 13.2. The van der Waals surface area contributed by atoms with Gasteiger partial charge in [-0.3, -0.25) is 9.78 Å². The number of piperidine rings is 1. The van der Waals surface area contributed by atoms with Crippen LogP contribution in [0.2, 0.25) is 0 Å². The van der Waals surface area contributed by atoms with Gasteiger partial charge < -0.3 is 31.2 Å². The van der Waals surface area contributed by atoms with Crippen LogP contribution in [-0.2, 0) is 0 Å². The van der Waals surface area contributed by atoms with Crippen LogP contribution in [0.4, 0.5) is 17.1 Å². The van der Waals surface area contributed by atoms with Gasteiger partial charge in [-0.15, -0.1) is 11.3 Å². The number of carbonyl (C=O) groups is 1. The highest BCUT2D eigenvalue weighted by atomic mass is 32.1. The number of rotatable bonds is 4. The largest absolute Gasteiger partial charge is 0.485 e. The molecule has 1 amide bonds. The zero-order chi connectivity index (χ0) is 22.1. The average Bonchev–Trinajstić information content (AvgIpc) is 3.24. The Kier molecular flexibility index (Phi) is 5.54. The fraction of sp³-hybridized carbons (Fsp3) is 0.318. The number of thiophene rings is 1. The van der Waals surface area contributed by atoms with E-state index < -0.39 is 5.91 Å². The SMILES string of the molecule is Nc1ccc(-c2scc3c2OCCO3)nc1C(=O)Nc1cnccc1N1CCCC(N)C1. The maximum Gasteiger partial charge on any atom is 0.276 e. The number of ether oxygens (including phenoxy) is 2. The number of hydrogen-bond acceptors (Lipinski definition) is 9. The van der Waals surface area contributed by atoms with E-state index in [2.05, 4.69) is 20.2 Å². The van der Waals surface area contributed by atoms with Crippen LogP contribution in [-0.4, -0.2) is 48.2 Å². The Morgan fingerprint density at radius 3 is 3.00 bits per heavy atom. The molecule has 0 bridgehead atoms. The number of fused-ring (bicyclic) bond motifs is 1. The van der Waals surface area contributed by atoms with E-state index in [1.807, 2.05) is 11.4 Å². The standard InChI is InChI=1S/C22H24N6O3S/c23-13-2-1-7-28(11-13)17-5-6-25-10-16(17)27-22(29)19-14(24)3-4-15(26-19)21-20-18(12-32-21)30-8-9-31-20/h3-6,10,12-13H,1-2,7-9,11,23-24H2,(H,27,29). The van der Waals surface area contributed by atoms with Crippen LogP contribution >= 0.6 is 11.3 Å². The predicted octanol–water partition coefficient (Wildman–Crippen LogP) is 2.74. The van der Waals surface area contributed by atoms with Gasteiger partial charge in [0.15, 0.2) is 17.2 Å². The second kappa shape index (κ2) is 8.64. The lowest BCUT2D eigenvalue weighted by atomic mass is 10.1. The first-order valence-corrected chi connectivity index (χ1v) is 11.4. The van der Waals surface area contributed by atoms with Gasteiger partial charge in [0.25, 0.3) is 5.91 Å². The molecule has 1 fully saturated rings. The van der Waals surface area contributed by atoms with Crippen molar-refractivity contribution in [1.82, 2.24) is 9.97 Å². The summed E-state index contributed by atoms with van der Waals surface area (Å²) in [6, 6.07) is 5.45. The molecular formula is C22H24N6O3S. The fourth-order valence-corrected chi connectivity index (χ4v) is 4.89. The summed E-state index contributed by atoms with van der Waals surface area (Å²) in [5.41, 5.74) is 14.8. The molecular weight excluding hydrogens is 428 g/mol. The topological polar surface area (TPSA) is 129 Å². The van der Waals surface area contributed by atoms with E-state index >= 15 is 0 Å². The van der Waals surface area contributed by atoms with E-state index in [-0.39, 0.29) is 11.7 Å².